The van der Waals surface area contributed by atoms with E-state index in [4.69, 9.17) is 5.73 Å². The average molecular weight is 219 g/mol. The molecule has 4 heteroatoms. The van der Waals surface area contributed by atoms with Gasteiger partial charge in [-0.25, -0.2) is 0 Å². The van der Waals surface area contributed by atoms with E-state index in [0.717, 1.165) is 25.3 Å². The van der Waals surface area contributed by atoms with Crippen LogP contribution in [0.15, 0.2) is 24.3 Å². The fourth-order valence-electron chi connectivity index (χ4n) is 1.96. The Morgan fingerprint density at radius 1 is 1.44 bits per heavy atom. The molecule has 1 aliphatic heterocycles. The maximum absolute atomic E-state index is 11.0. The van der Waals surface area contributed by atoms with E-state index in [-0.39, 0.29) is 5.91 Å². The van der Waals surface area contributed by atoms with Crippen LogP contribution in [0.4, 0.5) is 5.69 Å². The Labute approximate surface area is 95.4 Å². The molecule has 1 fully saturated rings. The van der Waals surface area contributed by atoms with E-state index in [1.54, 1.807) is 12.1 Å². The molecule has 1 heterocycles. The van der Waals surface area contributed by atoms with Gasteiger partial charge in [0, 0.05) is 30.9 Å². The lowest BCUT2D eigenvalue weighted by Crippen LogP contribution is -2.57. The Morgan fingerprint density at radius 3 is 2.44 bits per heavy atom. The molecular weight excluding hydrogens is 202 g/mol. The van der Waals surface area contributed by atoms with Gasteiger partial charge in [0.25, 0.3) is 0 Å². The number of nitrogens with one attached hydrogen (secondary N) is 1. The molecule has 0 aromatic heterocycles. The summed E-state index contributed by atoms with van der Waals surface area (Å²) in [6.45, 7) is 5.18. The van der Waals surface area contributed by atoms with Gasteiger partial charge >= 0.3 is 0 Å². The third-order valence-electron chi connectivity index (χ3n) is 3.02. The number of carbonyl (C=O) groups excluding carboxylic acids is 1. The van der Waals surface area contributed by atoms with Crippen LogP contribution in [0.25, 0.3) is 0 Å². The number of amides is 1. The Kier molecular flexibility index (Phi) is 3.10. The summed E-state index contributed by atoms with van der Waals surface area (Å²) < 4.78 is 0. The summed E-state index contributed by atoms with van der Waals surface area (Å²) in [6, 6.07) is 8.06. The number of hydrogen-bond acceptors (Lipinski definition) is 3. The van der Waals surface area contributed by atoms with Crippen molar-refractivity contribution in [2.75, 3.05) is 24.5 Å². The fraction of sp³-hybridized carbons (Fsp3) is 0.417. The van der Waals surface area contributed by atoms with E-state index in [1.165, 1.54) is 0 Å². The topological polar surface area (TPSA) is 58.4 Å². The molecule has 0 bridgehead atoms. The monoisotopic (exact) mass is 219 g/mol. The van der Waals surface area contributed by atoms with Crippen LogP contribution >= 0.6 is 0 Å². The number of rotatable bonds is 4. The van der Waals surface area contributed by atoms with Crippen molar-refractivity contribution in [3.05, 3.63) is 29.8 Å². The van der Waals surface area contributed by atoms with Crippen molar-refractivity contribution in [1.29, 1.82) is 0 Å². The molecule has 1 aliphatic rings. The number of benzene rings is 1. The third-order valence-corrected chi connectivity index (χ3v) is 3.02. The van der Waals surface area contributed by atoms with Crippen LogP contribution in [0.3, 0.4) is 0 Å². The smallest absolute Gasteiger partial charge is 0.248 e. The normalized spacial score (nSPS) is 15.6. The van der Waals surface area contributed by atoms with E-state index in [9.17, 15) is 4.79 Å². The van der Waals surface area contributed by atoms with Crippen molar-refractivity contribution < 1.29 is 4.79 Å². The molecule has 86 valence electrons. The number of nitrogens with two attached hydrogens (primary N) is 1. The number of hydrogen-bond donors (Lipinski definition) is 2. The zero-order chi connectivity index (χ0) is 11.5. The van der Waals surface area contributed by atoms with Crippen molar-refractivity contribution in [1.82, 2.24) is 5.32 Å². The SMILES string of the molecule is CCN(c1ccc(C(N)=O)cc1)C1CNC1. The van der Waals surface area contributed by atoms with Gasteiger partial charge in [0.1, 0.15) is 0 Å². The van der Waals surface area contributed by atoms with Crippen LogP contribution in [0, 0.1) is 0 Å². The predicted molar refractivity (Wildman–Crippen MR) is 64.6 cm³/mol. The van der Waals surface area contributed by atoms with E-state index >= 15 is 0 Å². The lowest BCUT2D eigenvalue weighted by Gasteiger charge is -2.39. The minimum Gasteiger partial charge on any atom is -0.366 e. The van der Waals surface area contributed by atoms with Gasteiger partial charge in [-0.1, -0.05) is 0 Å². The van der Waals surface area contributed by atoms with Crippen molar-refractivity contribution >= 4 is 11.6 Å². The first-order valence-corrected chi connectivity index (χ1v) is 5.59. The van der Waals surface area contributed by atoms with Crippen LogP contribution in [-0.4, -0.2) is 31.6 Å². The molecule has 1 aromatic carbocycles. The molecular formula is C12H17N3O. The summed E-state index contributed by atoms with van der Waals surface area (Å²) in [4.78, 5) is 13.3. The highest BCUT2D eigenvalue weighted by Crippen LogP contribution is 2.19. The molecule has 3 N–H and O–H groups in total. The first-order valence-electron chi connectivity index (χ1n) is 5.59. The summed E-state index contributed by atoms with van der Waals surface area (Å²) in [5.41, 5.74) is 6.92. The van der Waals surface area contributed by atoms with Gasteiger partial charge in [-0.15, -0.1) is 0 Å². The number of nitrogens with zero attached hydrogens (tertiary/aromatic N) is 1. The van der Waals surface area contributed by atoms with E-state index < -0.39 is 0 Å². The van der Waals surface area contributed by atoms with Gasteiger partial charge in [0.2, 0.25) is 5.91 Å². The van der Waals surface area contributed by atoms with Crippen molar-refractivity contribution in [2.24, 2.45) is 5.73 Å². The molecule has 4 nitrogen and oxygen atoms in total. The van der Waals surface area contributed by atoms with Crippen LogP contribution in [0.5, 0.6) is 0 Å². The number of carbonyl (C=O) groups is 1. The van der Waals surface area contributed by atoms with Gasteiger partial charge in [-0.3, -0.25) is 4.79 Å². The van der Waals surface area contributed by atoms with Crippen LogP contribution in [-0.2, 0) is 0 Å². The van der Waals surface area contributed by atoms with Crippen LogP contribution < -0.4 is 16.0 Å². The number of likely N-dealkylation sites (N-methyl/N-ethyl adjacent to an activating group) is 1. The molecule has 0 radical (unpaired) electrons. The summed E-state index contributed by atoms with van der Waals surface area (Å²) in [6.07, 6.45) is 0. The Balaban J connectivity index is 2.15. The highest BCUT2D eigenvalue weighted by atomic mass is 16.1. The molecule has 1 aromatic rings. The van der Waals surface area contributed by atoms with Gasteiger partial charge < -0.3 is 16.0 Å². The molecule has 0 aliphatic carbocycles. The fourth-order valence-corrected chi connectivity index (χ4v) is 1.96. The van der Waals surface area contributed by atoms with Crippen molar-refractivity contribution in [2.45, 2.75) is 13.0 Å². The summed E-state index contributed by atoms with van der Waals surface area (Å²) >= 11 is 0. The van der Waals surface area contributed by atoms with Crippen molar-refractivity contribution in [3.8, 4) is 0 Å². The summed E-state index contributed by atoms with van der Waals surface area (Å²) in [7, 11) is 0. The third kappa shape index (κ3) is 2.02. The lowest BCUT2D eigenvalue weighted by molar-refractivity contribution is 0.100. The Hall–Kier alpha value is -1.55. The largest absolute Gasteiger partial charge is 0.366 e. The van der Waals surface area contributed by atoms with Gasteiger partial charge in [0.05, 0.1) is 6.04 Å². The molecule has 0 unspecified atom stereocenters. The maximum atomic E-state index is 11.0. The highest BCUT2D eigenvalue weighted by molar-refractivity contribution is 5.93. The van der Waals surface area contributed by atoms with E-state index in [0.29, 0.717) is 11.6 Å². The van der Waals surface area contributed by atoms with Crippen LogP contribution in [0.2, 0.25) is 0 Å². The highest BCUT2D eigenvalue weighted by Gasteiger charge is 2.23. The Bertz CT molecular complexity index is 370. The van der Waals surface area contributed by atoms with Gasteiger partial charge in [-0.05, 0) is 31.2 Å². The lowest BCUT2D eigenvalue weighted by atomic mass is 10.1. The average Bonchev–Trinajstić information content (AvgIpc) is 2.23. The Morgan fingerprint density at radius 2 is 2.06 bits per heavy atom. The first kappa shape index (κ1) is 11.0. The second kappa shape index (κ2) is 4.53. The molecule has 0 saturated carbocycles. The number of primary amides is 1. The zero-order valence-electron chi connectivity index (χ0n) is 9.44. The first-order chi connectivity index (χ1) is 7.72. The van der Waals surface area contributed by atoms with Crippen molar-refractivity contribution in [3.63, 3.8) is 0 Å². The zero-order valence-corrected chi connectivity index (χ0v) is 9.44. The molecule has 1 amide bonds. The minimum atomic E-state index is -0.375. The van der Waals surface area contributed by atoms with Gasteiger partial charge in [0.15, 0.2) is 0 Å². The van der Waals surface area contributed by atoms with E-state index in [2.05, 4.69) is 17.1 Å². The number of anilines is 1. The molecule has 2 rings (SSSR count). The summed E-state index contributed by atoms with van der Waals surface area (Å²) in [5, 5.41) is 3.26. The predicted octanol–water partition coefficient (Wildman–Crippen LogP) is 0.584. The molecule has 1 saturated heterocycles. The summed E-state index contributed by atoms with van der Waals surface area (Å²) in [5.74, 6) is -0.375. The van der Waals surface area contributed by atoms with E-state index in [1.807, 2.05) is 12.1 Å². The standard InChI is InChI=1S/C12H17N3O/c1-2-15(11-7-14-8-11)10-5-3-9(4-6-10)12(13)16/h3-6,11,14H,2,7-8H2,1H3,(H2,13,16). The van der Waals surface area contributed by atoms with Gasteiger partial charge in [-0.2, -0.15) is 0 Å². The molecule has 0 atom stereocenters. The second-order valence-electron chi connectivity index (χ2n) is 4.01. The quantitative estimate of drug-likeness (QED) is 0.779. The molecule has 0 spiro atoms. The second-order valence-corrected chi connectivity index (χ2v) is 4.01. The molecule has 16 heavy (non-hydrogen) atoms. The van der Waals surface area contributed by atoms with Crippen LogP contribution in [0.1, 0.15) is 17.3 Å². The minimum absolute atomic E-state index is 0.375. The maximum Gasteiger partial charge on any atom is 0.248 e.